The van der Waals surface area contributed by atoms with Gasteiger partial charge in [0, 0.05) is 24.5 Å². The van der Waals surface area contributed by atoms with Gasteiger partial charge in [0.05, 0.1) is 5.56 Å². The van der Waals surface area contributed by atoms with Crippen LogP contribution in [0.3, 0.4) is 0 Å². The summed E-state index contributed by atoms with van der Waals surface area (Å²) in [6.45, 7) is 2.09. The van der Waals surface area contributed by atoms with Crippen LogP contribution in [0.1, 0.15) is 35.2 Å². The Bertz CT molecular complexity index is 493. The first-order chi connectivity index (χ1) is 9.04. The molecule has 1 aromatic carbocycles. The summed E-state index contributed by atoms with van der Waals surface area (Å²) in [6, 6.07) is 1.97. The van der Waals surface area contributed by atoms with Crippen LogP contribution in [0.25, 0.3) is 0 Å². The second kappa shape index (κ2) is 5.87. The summed E-state index contributed by atoms with van der Waals surface area (Å²) in [5, 5.41) is 0. The monoisotopic (exact) mass is 287 g/mol. The number of hydrogen-bond acceptors (Lipinski definition) is 1. The highest BCUT2D eigenvalue weighted by atomic mass is 35.5. The molecule has 104 valence electrons. The van der Waals surface area contributed by atoms with E-state index in [1.54, 1.807) is 4.90 Å². The number of carbonyl (C=O) groups excluding carboxylic acids is 1. The number of halogens is 3. The molecule has 0 spiro atoms. The summed E-state index contributed by atoms with van der Waals surface area (Å²) in [7, 11) is 0. The molecule has 0 saturated carbocycles. The van der Waals surface area contributed by atoms with Crippen LogP contribution in [0.4, 0.5) is 8.78 Å². The van der Waals surface area contributed by atoms with E-state index >= 15 is 0 Å². The zero-order chi connectivity index (χ0) is 14.0. The first kappa shape index (κ1) is 14.3. The van der Waals surface area contributed by atoms with Crippen LogP contribution in [0.5, 0.6) is 0 Å². The quantitative estimate of drug-likeness (QED) is 0.762. The SMILES string of the molecule is Cc1cc(C(=O)N2CCCCC2CCl)c(F)cc1F. The maximum Gasteiger partial charge on any atom is 0.257 e. The van der Waals surface area contributed by atoms with E-state index in [0.717, 1.165) is 25.3 Å². The molecular formula is C14H16ClF2NO. The molecule has 0 radical (unpaired) electrons. The number of rotatable bonds is 2. The average Bonchev–Trinajstić information content (AvgIpc) is 2.42. The van der Waals surface area contributed by atoms with Gasteiger partial charge in [-0.25, -0.2) is 8.78 Å². The Kier molecular flexibility index (Phi) is 4.40. The lowest BCUT2D eigenvalue weighted by atomic mass is 10.0. The van der Waals surface area contributed by atoms with Gasteiger partial charge in [-0.2, -0.15) is 0 Å². The molecule has 1 aromatic rings. The number of nitrogens with zero attached hydrogens (tertiary/aromatic N) is 1. The first-order valence-electron chi connectivity index (χ1n) is 6.37. The Balaban J connectivity index is 2.30. The van der Waals surface area contributed by atoms with Gasteiger partial charge < -0.3 is 4.90 Å². The molecule has 0 N–H and O–H groups in total. The van der Waals surface area contributed by atoms with Crippen molar-refractivity contribution >= 4 is 17.5 Å². The van der Waals surface area contributed by atoms with E-state index in [1.807, 2.05) is 0 Å². The Morgan fingerprint density at radius 2 is 2.11 bits per heavy atom. The molecule has 5 heteroatoms. The average molecular weight is 288 g/mol. The van der Waals surface area contributed by atoms with Crippen LogP contribution in [0.2, 0.25) is 0 Å². The molecule has 0 bridgehead atoms. The van der Waals surface area contributed by atoms with Gasteiger partial charge in [-0.15, -0.1) is 11.6 Å². The van der Waals surface area contributed by atoms with Crippen molar-refractivity contribution in [2.45, 2.75) is 32.2 Å². The third-order valence-corrected chi connectivity index (χ3v) is 3.90. The Hall–Kier alpha value is -1.16. The zero-order valence-corrected chi connectivity index (χ0v) is 11.5. The summed E-state index contributed by atoms with van der Waals surface area (Å²) in [5.74, 6) is -1.51. The van der Waals surface area contributed by atoms with Crippen LogP contribution in [0, 0.1) is 18.6 Å². The third kappa shape index (κ3) is 2.89. The van der Waals surface area contributed by atoms with Gasteiger partial charge in [-0.3, -0.25) is 4.79 Å². The minimum Gasteiger partial charge on any atom is -0.334 e. The van der Waals surface area contributed by atoms with Gasteiger partial charge in [0.2, 0.25) is 0 Å². The number of hydrogen-bond donors (Lipinski definition) is 0. The van der Waals surface area contributed by atoms with E-state index in [4.69, 9.17) is 11.6 Å². The van der Waals surface area contributed by atoms with Crippen molar-refractivity contribution in [2.75, 3.05) is 12.4 Å². The van der Waals surface area contributed by atoms with Crippen LogP contribution < -0.4 is 0 Å². The maximum absolute atomic E-state index is 13.7. The van der Waals surface area contributed by atoms with Crippen molar-refractivity contribution in [3.8, 4) is 0 Å². The zero-order valence-electron chi connectivity index (χ0n) is 10.8. The van der Waals surface area contributed by atoms with Crippen LogP contribution in [-0.4, -0.2) is 29.3 Å². The van der Waals surface area contributed by atoms with Gasteiger partial charge >= 0.3 is 0 Å². The van der Waals surface area contributed by atoms with Crippen molar-refractivity contribution in [2.24, 2.45) is 0 Å². The summed E-state index contributed by atoms with van der Waals surface area (Å²) in [4.78, 5) is 14.0. The first-order valence-corrected chi connectivity index (χ1v) is 6.90. The summed E-state index contributed by atoms with van der Waals surface area (Å²) in [6.07, 6.45) is 2.74. The minimum atomic E-state index is -0.813. The van der Waals surface area contributed by atoms with Gasteiger partial charge in [-0.1, -0.05) is 0 Å². The predicted octanol–water partition coefficient (Wildman–Crippen LogP) is 3.51. The highest BCUT2D eigenvalue weighted by Gasteiger charge is 2.28. The van der Waals surface area contributed by atoms with Crippen LogP contribution in [0.15, 0.2) is 12.1 Å². The van der Waals surface area contributed by atoms with Crippen molar-refractivity contribution < 1.29 is 13.6 Å². The number of aryl methyl sites for hydroxylation is 1. The second-order valence-electron chi connectivity index (χ2n) is 4.88. The Labute approximate surface area is 116 Å². The Morgan fingerprint density at radius 3 is 2.79 bits per heavy atom. The second-order valence-corrected chi connectivity index (χ2v) is 5.19. The Morgan fingerprint density at radius 1 is 1.37 bits per heavy atom. The van der Waals surface area contributed by atoms with E-state index < -0.39 is 17.5 Å². The largest absolute Gasteiger partial charge is 0.334 e. The highest BCUT2D eigenvalue weighted by Crippen LogP contribution is 2.23. The van der Waals surface area contributed by atoms with E-state index in [-0.39, 0.29) is 17.2 Å². The lowest BCUT2D eigenvalue weighted by molar-refractivity contribution is 0.0634. The third-order valence-electron chi connectivity index (χ3n) is 3.54. The topological polar surface area (TPSA) is 20.3 Å². The summed E-state index contributed by atoms with van der Waals surface area (Å²) < 4.78 is 27.0. The molecule has 0 aliphatic carbocycles. The molecular weight excluding hydrogens is 272 g/mol. The van der Waals surface area contributed by atoms with Crippen LogP contribution in [-0.2, 0) is 0 Å². The van der Waals surface area contributed by atoms with E-state index in [0.29, 0.717) is 12.4 Å². The predicted molar refractivity (Wildman–Crippen MR) is 70.5 cm³/mol. The van der Waals surface area contributed by atoms with Gasteiger partial charge in [0.25, 0.3) is 5.91 Å². The summed E-state index contributed by atoms with van der Waals surface area (Å²) >= 11 is 5.86. The molecule has 2 rings (SSSR count). The number of likely N-dealkylation sites (tertiary alicyclic amines) is 1. The highest BCUT2D eigenvalue weighted by molar-refractivity contribution is 6.18. The molecule has 1 heterocycles. The maximum atomic E-state index is 13.7. The van der Waals surface area contributed by atoms with Crippen molar-refractivity contribution in [3.05, 3.63) is 34.9 Å². The molecule has 19 heavy (non-hydrogen) atoms. The fourth-order valence-corrected chi connectivity index (χ4v) is 2.73. The fraction of sp³-hybridized carbons (Fsp3) is 0.500. The molecule has 1 saturated heterocycles. The molecule has 1 aliphatic rings. The van der Waals surface area contributed by atoms with E-state index in [2.05, 4.69) is 0 Å². The van der Waals surface area contributed by atoms with Gasteiger partial charge in [0.15, 0.2) is 0 Å². The van der Waals surface area contributed by atoms with Crippen molar-refractivity contribution in [1.82, 2.24) is 4.90 Å². The normalized spacial score (nSPS) is 19.6. The van der Waals surface area contributed by atoms with Gasteiger partial charge in [0.1, 0.15) is 11.6 Å². The lowest BCUT2D eigenvalue weighted by Crippen LogP contribution is -2.45. The molecule has 1 atom stereocenters. The smallest absolute Gasteiger partial charge is 0.257 e. The number of benzene rings is 1. The molecule has 1 unspecified atom stereocenters. The number of piperidine rings is 1. The van der Waals surface area contributed by atoms with E-state index in [9.17, 15) is 13.6 Å². The fourth-order valence-electron chi connectivity index (χ4n) is 2.40. The number of amides is 1. The lowest BCUT2D eigenvalue weighted by Gasteiger charge is -2.34. The molecule has 1 fully saturated rings. The van der Waals surface area contributed by atoms with Gasteiger partial charge in [-0.05, 0) is 37.8 Å². The minimum absolute atomic E-state index is 0.0623. The molecule has 0 aromatic heterocycles. The standard InChI is InChI=1S/C14H16ClF2NO/c1-9-6-11(13(17)7-12(9)16)14(19)18-5-3-2-4-10(18)8-15/h6-7,10H,2-5,8H2,1H3. The summed E-state index contributed by atoms with van der Waals surface area (Å²) in [5.41, 5.74) is 0.195. The molecule has 2 nitrogen and oxygen atoms in total. The number of alkyl halides is 1. The number of carbonyl (C=O) groups is 1. The van der Waals surface area contributed by atoms with Crippen molar-refractivity contribution in [1.29, 1.82) is 0 Å². The van der Waals surface area contributed by atoms with Crippen LogP contribution >= 0.6 is 11.6 Å². The molecule has 1 amide bonds. The van der Waals surface area contributed by atoms with Crippen molar-refractivity contribution in [3.63, 3.8) is 0 Å². The molecule has 1 aliphatic heterocycles. The van der Waals surface area contributed by atoms with E-state index in [1.165, 1.54) is 13.0 Å².